The zero-order chi connectivity index (χ0) is 14.4. The quantitative estimate of drug-likeness (QED) is 0.828. The summed E-state index contributed by atoms with van der Waals surface area (Å²) in [6.07, 6.45) is 2.43. The molecule has 1 heterocycles. The van der Waals surface area contributed by atoms with Crippen LogP contribution < -0.4 is 5.32 Å². The Bertz CT molecular complexity index is 456. The lowest BCUT2D eigenvalue weighted by Crippen LogP contribution is -2.44. The number of nitrogens with zero attached hydrogens (tertiary/aromatic N) is 2. The van der Waals surface area contributed by atoms with Crippen molar-refractivity contribution in [2.75, 3.05) is 19.6 Å². The lowest BCUT2D eigenvalue weighted by atomic mass is 10.0. The molecule has 20 heavy (non-hydrogen) atoms. The molecule has 1 aromatic rings. The lowest BCUT2D eigenvalue weighted by molar-refractivity contribution is 0.137. The van der Waals surface area contributed by atoms with E-state index in [0.717, 1.165) is 31.9 Å². The van der Waals surface area contributed by atoms with Gasteiger partial charge in [-0.1, -0.05) is 38.1 Å². The minimum absolute atomic E-state index is 0.650. The van der Waals surface area contributed by atoms with Gasteiger partial charge in [0, 0.05) is 19.1 Å². The minimum Gasteiger partial charge on any atom is -0.317 e. The Morgan fingerprint density at radius 1 is 1.30 bits per heavy atom. The second kappa shape index (κ2) is 7.42. The molecule has 0 spiro atoms. The highest BCUT2D eigenvalue weighted by Crippen LogP contribution is 2.23. The fourth-order valence-corrected chi connectivity index (χ4v) is 2.96. The van der Waals surface area contributed by atoms with Gasteiger partial charge in [0.2, 0.25) is 0 Å². The Balaban J connectivity index is 2.12. The molecule has 1 saturated heterocycles. The molecule has 0 atom stereocenters. The first-order chi connectivity index (χ1) is 9.70. The number of benzene rings is 1. The van der Waals surface area contributed by atoms with Crippen LogP contribution in [-0.2, 0) is 6.54 Å². The van der Waals surface area contributed by atoms with Crippen molar-refractivity contribution in [3.63, 3.8) is 0 Å². The molecule has 3 heteroatoms. The summed E-state index contributed by atoms with van der Waals surface area (Å²) < 4.78 is 0. The van der Waals surface area contributed by atoms with Crippen molar-refractivity contribution in [2.24, 2.45) is 5.92 Å². The van der Waals surface area contributed by atoms with Crippen LogP contribution in [0.2, 0.25) is 0 Å². The van der Waals surface area contributed by atoms with Gasteiger partial charge in [0.1, 0.15) is 0 Å². The fraction of sp³-hybridized carbons (Fsp3) is 0.588. The van der Waals surface area contributed by atoms with Gasteiger partial charge in [-0.25, -0.2) is 4.85 Å². The van der Waals surface area contributed by atoms with E-state index in [-0.39, 0.29) is 0 Å². The van der Waals surface area contributed by atoms with Gasteiger partial charge in [0.05, 0.1) is 6.57 Å². The predicted octanol–water partition coefficient (Wildman–Crippen LogP) is 3.45. The molecule has 1 aliphatic heterocycles. The second-order valence-corrected chi connectivity index (χ2v) is 6.04. The molecule has 2 rings (SSSR count). The van der Waals surface area contributed by atoms with Crippen LogP contribution in [0.5, 0.6) is 0 Å². The van der Waals surface area contributed by atoms with Crippen LogP contribution in [0.3, 0.4) is 0 Å². The van der Waals surface area contributed by atoms with Gasteiger partial charge in [0.15, 0.2) is 5.69 Å². The van der Waals surface area contributed by atoms with Crippen LogP contribution in [0.15, 0.2) is 24.3 Å². The number of para-hydroxylation sites is 1. The summed E-state index contributed by atoms with van der Waals surface area (Å²) in [6, 6.07) is 8.67. The number of hydrogen-bond acceptors (Lipinski definition) is 2. The second-order valence-electron chi connectivity index (χ2n) is 6.04. The molecule has 0 aliphatic carbocycles. The van der Waals surface area contributed by atoms with Crippen molar-refractivity contribution in [1.82, 2.24) is 10.2 Å². The van der Waals surface area contributed by atoms with E-state index in [4.69, 9.17) is 6.57 Å². The Hall–Kier alpha value is -1.37. The molecular weight excluding hydrogens is 246 g/mol. The molecule has 0 bridgehead atoms. The first kappa shape index (κ1) is 15.0. The predicted molar refractivity (Wildman–Crippen MR) is 83.8 cm³/mol. The smallest absolute Gasteiger partial charge is 0.191 e. The van der Waals surface area contributed by atoms with Crippen molar-refractivity contribution in [3.8, 4) is 0 Å². The van der Waals surface area contributed by atoms with E-state index in [1.165, 1.54) is 18.4 Å². The van der Waals surface area contributed by atoms with E-state index < -0.39 is 0 Å². The van der Waals surface area contributed by atoms with Crippen LogP contribution in [0.1, 0.15) is 32.3 Å². The zero-order valence-electron chi connectivity index (χ0n) is 12.6. The Morgan fingerprint density at radius 2 is 2.00 bits per heavy atom. The summed E-state index contributed by atoms with van der Waals surface area (Å²) in [5.74, 6) is 0.657. The maximum Gasteiger partial charge on any atom is 0.191 e. The number of nitrogens with one attached hydrogen (secondary N) is 1. The molecule has 1 aromatic carbocycles. The molecule has 108 valence electrons. The van der Waals surface area contributed by atoms with E-state index >= 15 is 0 Å². The minimum atomic E-state index is 0.650. The Morgan fingerprint density at radius 3 is 2.65 bits per heavy atom. The van der Waals surface area contributed by atoms with E-state index in [9.17, 15) is 0 Å². The summed E-state index contributed by atoms with van der Waals surface area (Å²) in [5.41, 5.74) is 1.97. The van der Waals surface area contributed by atoms with Gasteiger partial charge < -0.3 is 5.32 Å². The van der Waals surface area contributed by atoms with Crippen molar-refractivity contribution in [1.29, 1.82) is 0 Å². The highest BCUT2D eigenvalue weighted by molar-refractivity contribution is 5.51. The van der Waals surface area contributed by atoms with Crippen molar-refractivity contribution < 1.29 is 0 Å². The number of hydrogen-bond donors (Lipinski definition) is 1. The third-order valence-electron chi connectivity index (χ3n) is 3.91. The Kier molecular flexibility index (Phi) is 5.58. The van der Waals surface area contributed by atoms with Gasteiger partial charge in [-0.2, -0.15) is 0 Å². The van der Waals surface area contributed by atoms with Gasteiger partial charge in [-0.3, -0.25) is 4.90 Å². The van der Waals surface area contributed by atoms with Crippen LogP contribution in [0.25, 0.3) is 4.85 Å². The van der Waals surface area contributed by atoms with Gasteiger partial charge in [-0.15, -0.1) is 0 Å². The molecule has 1 N–H and O–H groups in total. The molecular formula is C17H25N3. The number of piperidine rings is 1. The first-order valence-corrected chi connectivity index (χ1v) is 7.61. The molecule has 0 saturated carbocycles. The summed E-state index contributed by atoms with van der Waals surface area (Å²) >= 11 is 0. The van der Waals surface area contributed by atoms with Crippen LogP contribution in [-0.4, -0.2) is 30.6 Å². The lowest BCUT2D eigenvalue weighted by Gasteiger charge is -2.36. The summed E-state index contributed by atoms with van der Waals surface area (Å²) in [7, 11) is 0. The highest BCUT2D eigenvalue weighted by Gasteiger charge is 2.22. The van der Waals surface area contributed by atoms with Crippen LogP contribution in [0.4, 0.5) is 5.69 Å². The van der Waals surface area contributed by atoms with Crippen molar-refractivity contribution >= 4 is 5.69 Å². The van der Waals surface area contributed by atoms with Crippen LogP contribution >= 0.6 is 0 Å². The van der Waals surface area contributed by atoms with Gasteiger partial charge >= 0.3 is 0 Å². The van der Waals surface area contributed by atoms with E-state index in [0.29, 0.717) is 12.0 Å². The van der Waals surface area contributed by atoms with Gasteiger partial charge in [-0.05, 0) is 37.4 Å². The maximum atomic E-state index is 7.31. The van der Waals surface area contributed by atoms with Crippen LogP contribution in [0, 0.1) is 12.5 Å². The molecule has 0 unspecified atom stereocenters. The average molecular weight is 271 g/mol. The van der Waals surface area contributed by atoms with Crippen molar-refractivity contribution in [2.45, 2.75) is 39.3 Å². The summed E-state index contributed by atoms with van der Waals surface area (Å²) in [5, 5.41) is 3.43. The summed E-state index contributed by atoms with van der Waals surface area (Å²) in [4.78, 5) is 6.24. The zero-order valence-corrected chi connectivity index (χ0v) is 12.6. The molecule has 0 radical (unpaired) electrons. The molecule has 0 amide bonds. The van der Waals surface area contributed by atoms with E-state index in [2.05, 4.69) is 35.0 Å². The fourth-order valence-electron chi connectivity index (χ4n) is 2.96. The molecule has 1 aliphatic rings. The van der Waals surface area contributed by atoms with Gasteiger partial charge in [0.25, 0.3) is 0 Å². The first-order valence-electron chi connectivity index (χ1n) is 7.61. The van der Waals surface area contributed by atoms with E-state index in [1.54, 1.807) is 0 Å². The number of rotatable bonds is 5. The topological polar surface area (TPSA) is 19.6 Å². The third-order valence-corrected chi connectivity index (χ3v) is 3.91. The summed E-state index contributed by atoms with van der Waals surface area (Å²) in [6.45, 7) is 16.1. The molecule has 0 aromatic heterocycles. The maximum absolute atomic E-state index is 7.31. The average Bonchev–Trinajstić information content (AvgIpc) is 2.47. The SMILES string of the molecule is [C-]#[N+]c1ccccc1CN(CC(C)C)C1CCNCC1. The monoisotopic (exact) mass is 271 g/mol. The largest absolute Gasteiger partial charge is 0.317 e. The normalized spacial score (nSPS) is 16.6. The molecule has 1 fully saturated rings. The standard InChI is InChI=1S/C17H25N3/c1-14(2)12-20(16-8-10-19-11-9-16)13-15-6-4-5-7-17(15)18-3/h4-7,14,16,19H,8-13H2,1-2H3. The third kappa shape index (κ3) is 4.06. The van der Waals surface area contributed by atoms with Crippen molar-refractivity contribution in [3.05, 3.63) is 41.2 Å². The highest BCUT2D eigenvalue weighted by atomic mass is 15.2. The Labute approximate surface area is 122 Å². The molecule has 3 nitrogen and oxygen atoms in total. The van der Waals surface area contributed by atoms with E-state index in [1.807, 2.05) is 18.2 Å².